The first-order valence-electron chi connectivity index (χ1n) is 6.04. The van der Waals surface area contributed by atoms with Crippen LogP contribution in [0, 0.1) is 0 Å². The lowest BCUT2D eigenvalue weighted by Crippen LogP contribution is -2.43. The lowest BCUT2D eigenvalue weighted by molar-refractivity contribution is 0.657. The molecule has 1 saturated heterocycles. The predicted molar refractivity (Wildman–Crippen MR) is 72.6 cm³/mol. The van der Waals surface area contributed by atoms with Gasteiger partial charge in [0.25, 0.3) is 0 Å². The third kappa shape index (κ3) is 2.90. The molecule has 4 nitrogen and oxygen atoms in total. The van der Waals surface area contributed by atoms with Crippen LogP contribution in [0.4, 0.5) is 5.69 Å². The molecule has 1 aliphatic rings. The first-order valence-corrected chi connectivity index (χ1v) is 6.04. The third-order valence-electron chi connectivity index (χ3n) is 3.11. The van der Waals surface area contributed by atoms with Gasteiger partial charge in [0, 0.05) is 38.9 Å². The number of anilines is 1. The van der Waals surface area contributed by atoms with Crippen molar-refractivity contribution >= 4 is 11.6 Å². The lowest BCUT2D eigenvalue weighted by Gasteiger charge is -2.19. The van der Waals surface area contributed by atoms with Gasteiger partial charge in [-0.2, -0.15) is 0 Å². The number of nitrogens with one attached hydrogen (secondary N) is 2. The summed E-state index contributed by atoms with van der Waals surface area (Å²) in [5.74, 6) is 0.866. The molecule has 2 rings (SSSR count). The van der Waals surface area contributed by atoms with Gasteiger partial charge in [0.1, 0.15) is 0 Å². The molecule has 1 fully saturated rings. The van der Waals surface area contributed by atoms with Crippen LogP contribution in [-0.2, 0) is 0 Å². The van der Waals surface area contributed by atoms with Crippen molar-refractivity contribution in [1.82, 2.24) is 10.6 Å². The highest BCUT2D eigenvalue weighted by molar-refractivity contribution is 5.79. The van der Waals surface area contributed by atoms with Gasteiger partial charge in [0.15, 0.2) is 5.96 Å². The van der Waals surface area contributed by atoms with Crippen LogP contribution in [0.2, 0.25) is 0 Å². The van der Waals surface area contributed by atoms with Gasteiger partial charge in [-0.3, -0.25) is 4.99 Å². The van der Waals surface area contributed by atoms with Crippen LogP contribution < -0.4 is 15.5 Å². The zero-order valence-corrected chi connectivity index (χ0v) is 10.5. The van der Waals surface area contributed by atoms with E-state index < -0.39 is 0 Å². The Bertz CT molecular complexity index is 374. The molecule has 17 heavy (non-hydrogen) atoms. The number of hydrogen-bond acceptors (Lipinski definition) is 2. The normalized spacial score (nSPS) is 20.5. The average molecular weight is 232 g/mol. The van der Waals surface area contributed by atoms with Crippen LogP contribution in [0.5, 0.6) is 0 Å². The summed E-state index contributed by atoms with van der Waals surface area (Å²) < 4.78 is 0. The van der Waals surface area contributed by atoms with Crippen molar-refractivity contribution in [2.45, 2.75) is 12.5 Å². The molecule has 0 aliphatic carbocycles. The Balaban J connectivity index is 1.92. The molecule has 4 heteroatoms. The van der Waals surface area contributed by atoms with Crippen molar-refractivity contribution in [2.75, 3.05) is 32.1 Å². The van der Waals surface area contributed by atoms with Gasteiger partial charge in [-0.05, 0) is 18.6 Å². The van der Waals surface area contributed by atoms with Gasteiger partial charge in [-0.15, -0.1) is 0 Å². The summed E-state index contributed by atoms with van der Waals surface area (Å²) in [6.45, 7) is 2.13. The van der Waals surface area contributed by atoms with Gasteiger partial charge < -0.3 is 15.5 Å². The van der Waals surface area contributed by atoms with Crippen LogP contribution in [-0.4, -0.2) is 39.2 Å². The third-order valence-corrected chi connectivity index (χ3v) is 3.11. The van der Waals surface area contributed by atoms with Crippen molar-refractivity contribution in [1.29, 1.82) is 0 Å². The highest BCUT2D eigenvalue weighted by Crippen LogP contribution is 2.19. The summed E-state index contributed by atoms with van der Waals surface area (Å²) >= 11 is 0. The molecule has 1 atom stereocenters. The number of benzene rings is 1. The fraction of sp³-hybridized carbons (Fsp3) is 0.462. The molecule has 0 amide bonds. The average Bonchev–Trinajstić information content (AvgIpc) is 2.85. The van der Waals surface area contributed by atoms with Crippen molar-refractivity contribution in [3.8, 4) is 0 Å². The molecule has 1 aromatic carbocycles. The van der Waals surface area contributed by atoms with E-state index in [1.54, 1.807) is 7.05 Å². The SMILES string of the molecule is CN=C(NC)NC1CCN(c2ccccc2)C1. The number of guanidine groups is 1. The second kappa shape index (κ2) is 5.57. The van der Waals surface area contributed by atoms with E-state index in [1.807, 2.05) is 7.05 Å². The van der Waals surface area contributed by atoms with E-state index in [1.165, 1.54) is 5.69 Å². The Kier molecular flexibility index (Phi) is 3.85. The largest absolute Gasteiger partial charge is 0.369 e. The van der Waals surface area contributed by atoms with E-state index in [9.17, 15) is 0 Å². The lowest BCUT2D eigenvalue weighted by atomic mass is 10.3. The number of rotatable bonds is 2. The van der Waals surface area contributed by atoms with E-state index in [0.29, 0.717) is 6.04 Å². The minimum Gasteiger partial charge on any atom is -0.369 e. The maximum Gasteiger partial charge on any atom is 0.190 e. The number of aliphatic imine (C=N–C) groups is 1. The Hall–Kier alpha value is -1.71. The molecule has 0 aromatic heterocycles. The van der Waals surface area contributed by atoms with Gasteiger partial charge in [-0.25, -0.2) is 0 Å². The Morgan fingerprint density at radius 1 is 1.35 bits per heavy atom. The molecule has 0 radical (unpaired) electrons. The van der Waals surface area contributed by atoms with E-state index in [2.05, 4.69) is 50.9 Å². The summed E-state index contributed by atoms with van der Waals surface area (Å²) in [6.07, 6.45) is 1.15. The Labute approximate surface area is 103 Å². The van der Waals surface area contributed by atoms with Crippen molar-refractivity contribution in [2.24, 2.45) is 4.99 Å². The molecular weight excluding hydrogens is 212 g/mol. The van der Waals surface area contributed by atoms with Gasteiger partial charge in [0.2, 0.25) is 0 Å². The first-order chi connectivity index (χ1) is 8.33. The molecule has 1 aliphatic heterocycles. The van der Waals surface area contributed by atoms with E-state index in [0.717, 1.165) is 25.5 Å². The fourth-order valence-corrected chi connectivity index (χ4v) is 2.19. The monoisotopic (exact) mass is 232 g/mol. The van der Waals surface area contributed by atoms with E-state index in [4.69, 9.17) is 0 Å². The maximum absolute atomic E-state index is 4.14. The van der Waals surface area contributed by atoms with Gasteiger partial charge in [0.05, 0.1) is 0 Å². The molecule has 1 unspecified atom stereocenters. The molecule has 0 spiro atoms. The topological polar surface area (TPSA) is 39.7 Å². The highest BCUT2D eigenvalue weighted by Gasteiger charge is 2.22. The molecule has 2 N–H and O–H groups in total. The summed E-state index contributed by atoms with van der Waals surface area (Å²) in [6, 6.07) is 11.0. The molecule has 92 valence electrons. The van der Waals surface area contributed by atoms with Crippen LogP contribution in [0.15, 0.2) is 35.3 Å². The zero-order valence-electron chi connectivity index (χ0n) is 10.5. The van der Waals surface area contributed by atoms with Gasteiger partial charge in [-0.1, -0.05) is 18.2 Å². The number of nitrogens with zero attached hydrogens (tertiary/aromatic N) is 2. The minimum absolute atomic E-state index is 0.473. The minimum atomic E-state index is 0.473. The summed E-state index contributed by atoms with van der Waals surface area (Å²) in [5, 5.41) is 6.47. The Morgan fingerprint density at radius 3 is 2.76 bits per heavy atom. The standard InChI is InChI=1S/C13H20N4/c1-14-13(15-2)16-11-8-9-17(10-11)12-6-4-3-5-7-12/h3-7,11H,8-10H2,1-2H3,(H2,14,15,16). The first kappa shape index (κ1) is 11.8. The highest BCUT2D eigenvalue weighted by atomic mass is 15.2. The second-order valence-electron chi connectivity index (χ2n) is 4.23. The summed E-state index contributed by atoms with van der Waals surface area (Å²) in [4.78, 5) is 6.55. The van der Waals surface area contributed by atoms with E-state index in [-0.39, 0.29) is 0 Å². The number of para-hydroxylation sites is 1. The van der Waals surface area contributed by atoms with Crippen LogP contribution in [0.3, 0.4) is 0 Å². The van der Waals surface area contributed by atoms with Crippen LogP contribution >= 0.6 is 0 Å². The quantitative estimate of drug-likeness (QED) is 0.591. The van der Waals surface area contributed by atoms with Crippen LogP contribution in [0.25, 0.3) is 0 Å². The second-order valence-corrected chi connectivity index (χ2v) is 4.23. The van der Waals surface area contributed by atoms with E-state index >= 15 is 0 Å². The van der Waals surface area contributed by atoms with Crippen molar-refractivity contribution in [3.05, 3.63) is 30.3 Å². The summed E-state index contributed by atoms with van der Waals surface area (Å²) in [7, 11) is 3.68. The fourth-order valence-electron chi connectivity index (χ4n) is 2.19. The molecule has 1 heterocycles. The summed E-state index contributed by atoms with van der Waals surface area (Å²) in [5.41, 5.74) is 1.30. The van der Waals surface area contributed by atoms with Crippen molar-refractivity contribution in [3.63, 3.8) is 0 Å². The van der Waals surface area contributed by atoms with Gasteiger partial charge >= 0.3 is 0 Å². The van der Waals surface area contributed by atoms with Crippen LogP contribution in [0.1, 0.15) is 6.42 Å². The van der Waals surface area contributed by atoms with Crippen molar-refractivity contribution < 1.29 is 0 Å². The smallest absolute Gasteiger partial charge is 0.190 e. The maximum atomic E-state index is 4.14. The molecular formula is C13H20N4. The molecule has 0 saturated carbocycles. The zero-order chi connectivity index (χ0) is 12.1. The number of hydrogen-bond donors (Lipinski definition) is 2. The molecule has 1 aromatic rings. The molecule has 0 bridgehead atoms. The predicted octanol–water partition coefficient (Wildman–Crippen LogP) is 1.06. The Morgan fingerprint density at radius 2 is 2.12 bits per heavy atom.